The highest BCUT2D eigenvalue weighted by molar-refractivity contribution is 7.18. The second-order valence-electron chi connectivity index (χ2n) is 6.37. The van der Waals surface area contributed by atoms with Gasteiger partial charge in [-0.2, -0.15) is 0 Å². The Hall–Kier alpha value is -2.99. The largest absolute Gasteiger partial charge is 0.298 e. The Labute approximate surface area is 187 Å². The van der Waals surface area contributed by atoms with Crippen LogP contribution in [0.3, 0.4) is 0 Å². The smallest absolute Gasteiger partial charge is 0.257 e. The van der Waals surface area contributed by atoms with Crippen molar-refractivity contribution >= 4 is 51.4 Å². The molecule has 0 saturated carbocycles. The second-order valence-corrected chi connectivity index (χ2v) is 8.24. The lowest BCUT2D eigenvalue weighted by Crippen LogP contribution is -2.11. The Balaban J connectivity index is 1.72. The summed E-state index contributed by atoms with van der Waals surface area (Å²) in [6.45, 7) is 0. The highest BCUT2D eigenvalue weighted by Crippen LogP contribution is 2.33. The van der Waals surface area contributed by atoms with Gasteiger partial charge in [-0.1, -0.05) is 95.2 Å². The van der Waals surface area contributed by atoms with Crippen molar-refractivity contribution in [2.24, 2.45) is 0 Å². The van der Waals surface area contributed by atoms with Gasteiger partial charge in [0.25, 0.3) is 5.91 Å². The van der Waals surface area contributed by atoms with Crippen LogP contribution >= 0.6 is 34.5 Å². The molecule has 1 amide bonds. The molecule has 1 aromatic heterocycles. The number of hydrogen-bond acceptors (Lipinski definition) is 4. The van der Waals surface area contributed by atoms with E-state index in [9.17, 15) is 9.59 Å². The number of anilines is 1. The van der Waals surface area contributed by atoms with E-state index in [2.05, 4.69) is 10.3 Å². The Kier molecular flexibility index (Phi) is 5.95. The van der Waals surface area contributed by atoms with Crippen molar-refractivity contribution in [3.8, 4) is 11.3 Å². The molecule has 4 aromatic rings. The normalized spacial score (nSPS) is 10.6. The van der Waals surface area contributed by atoms with Gasteiger partial charge < -0.3 is 0 Å². The molecule has 4 rings (SSSR count). The number of nitrogens with one attached hydrogen (secondary N) is 1. The molecule has 148 valence electrons. The molecule has 0 atom stereocenters. The van der Waals surface area contributed by atoms with Crippen LogP contribution in [0, 0.1) is 0 Å². The molecular formula is C23H14Cl2N2O2S. The predicted octanol–water partition coefficient (Wildman–Crippen LogP) is 6.60. The molecule has 0 aliphatic heterocycles. The van der Waals surface area contributed by atoms with Crippen molar-refractivity contribution in [3.63, 3.8) is 0 Å². The number of rotatable bonds is 5. The Morgan fingerprint density at radius 2 is 1.40 bits per heavy atom. The third kappa shape index (κ3) is 4.44. The van der Waals surface area contributed by atoms with E-state index in [1.165, 1.54) is 12.1 Å². The number of carbonyl (C=O) groups excluding carboxylic acids is 2. The average molecular weight is 453 g/mol. The maximum Gasteiger partial charge on any atom is 0.257 e. The molecule has 0 aliphatic carbocycles. The molecule has 0 bridgehead atoms. The van der Waals surface area contributed by atoms with Crippen LogP contribution in [0.1, 0.15) is 25.6 Å². The summed E-state index contributed by atoms with van der Waals surface area (Å²) in [4.78, 5) is 30.8. The fourth-order valence-electron chi connectivity index (χ4n) is 2.89. The molecule has 4 nitrogen and oxygen atoms in total. The Bertz CT molecular complexity index is 1200. The summed E-state index contributed by atoms with van der Waals surface area (Å²) in [5.74, 6) is -0.565. The molecule has 0 spiro atoms. The van der Waals surface area contributed by atoms with Gasteiger partial charge in [-0.15, -0.1) is 0 Å². The van der Waals surface area contributed by atoms with E-state index in [4.69, 9.17) is 23.2 Å². The van der Waals surface area contributed by atoms with Gasteiger partial charge in [-0.25, -0.2) is 4.98 Å². The van der Waals surface area contributed by atoms with E-state index in [-0.39, 0.29) is 5.78 Å². The molecule has 0 radical (unpaired) electrons. The number of carbonyl (C=O) groups is 2. The quantitative estimate of drug-likeness (QED) is 0.347. The average Bonchev–Trinajstić information content (AvgIpc) is 3.17. The number of ketones is 1. The molecule has 1 heterocycles. The van der Waals surface area contributed by atoms with E-state index in [1.807, 2.05) is 48.5 Å². The highest BCUT2D eigenvalue weighted by Gasteiger charge is 2.22. The van der Waals surface area contributed by atoms with Gasteiger partial charge in [-0.3, -0.25) is 14.9 Å². The molecule has 0 fully saturated rings. The zero-order valence-corrected chi connectivity index (χ0v) is 17.8. The minimum absolute atomic E-state index is 0.154. The van der Waals surface area contributed by atoms with Gasteiger partial charge in [-0.05, 0) is 18.2 Å². The van der Waals surface area contributed by atoms with Crippen LogP contribution in [0.2, 0.25) is 10.0 Å². The molecule has 0 aliphatic rings. The highest BCUT2D eigenvalue weighted by atomic mass is 35.5. The number of nitrogens with zero attached hydrogens (tertiary/aromatic N) is 1. The first-order valence-corrected chi connectivity index (χ1v) is 10.5. The van der Waals surface area contributed by atoms with Crippen molar-refractivity contribution in [3.05, 3.63) is 105 Å². The fourth-order valence-corrected chi connectivity index (χ4v) is 4.36. The fraction of sp³-hybridized carbons (Fsp3) is 0. The van der Waals surface area contributed by atoms with Crippen LogP contribution in [0.15, 0.2) is 78.9 Å². The zero-order valence-electron chi connectivity index (χ0n) is 15.4. The van der Waals surface area contributed by atoms with Crippen molar-refractivity contribution in [1.29, 1.82) is 0 Å². The Morgan fingerprint density at radius 1 is 0.800 bits per heavy atom. The second kappa shape index (κ2) is 8.79. The number of aromatic nitrogens is 1. The lowest BCUT2D eigenvalue weighted by molar-refractivity contribution is 0.102. The van der Waals surface area contributed by atoms with Crippen LogP contribution in [-0.4, -0.2) is 16.7 Å². The summed E-state index contributed by atoms with van der Waals surface area (Å²) in [5, 5.41) is 3.78. The SMILES string of the molecule is O=C(Nc1nc(-c2ccccc2)c(C(=O)c2ccccc2)s1)c1cc(Cl)cc(Cl)c1. The van der Waals surface area contributed by atoms with E-state index in [0.29, 0.717) is 36.9 Å². The van der Waals surface area contributed by atoms with Crippen LogP contribution in [-0.2, 0) is 0 Å². The van der Waals surface area contributed by atoms with Crippen LogP contribution in [0.25, 0.3) is 11.3 Å². The first-order valence-electron chi connectivity index (χ1n) is 8.95. The monoisotopic (exact) mass is 452 g/mol. The minimum atomic E-state index is -0.411. The summed E-state index contributed by atoms with van der Waals surface area (Å²) >= 11 is 13.1. The molecule has 7 heteroatoms. The van der Waals surface area contributed by atoms with E-state index >= 15 is 0 Å². The molecule has 30 heavy (non-hydrogen) atoms. The molecule has 0 saturated heterocycles. The Morgan fingerprint density at radius 3 is 2.03 bits per heavy atom. The maximum atomic E-state index is 13.1. The van der Waals surface area contributed by atoms with Crippen molar-refractivity contribution in [2.75, 3.05) is 5.32 Å². The van der Waals surface area contributed by atoms with Gasteiger partial charge in [0.2, 0.25) is 5.78 Å². The number of thiazole rings is 1. The first kappa shape index (κ1) is 20.3. The van der Waals surface area contributed by atoms with Crippen molar-refractivity contribution in [1.82, 2.24) is 4.98 Å². The van der Waals surface area contributed by atoms with E-state index < -0.39 is 5.91 Å². The van der Waals surface area contributed by atoms with Crippen molar-refractivity contribution in [2.45, 2.75) is 0 Å². The summed E-state index contributed by atoms with van der Waals surface area (Å²) in [7, 11) is 0. The number of hydrogen-bond donors (Lipinski definition) is 1. The summed E-state index contributed by atoms with van der Waals surface area (Å²) in [6, 6.07) is 22.9. The van der Waals surface area contributed by atoms with Gasteiger partial charge in [0.15, 0.2) is 5.13 Å². The third-order valence-electron chi connectivity index (χ3n) is 4.26. The zero-order chi connectivity index (χ0) is 21.1. The topological polar surface area (TPSA) is 59.1 Å². The standard InChI is InChI=1S/C23H14Cl2N2O2S/c24-17-11-16(12-18(25)13-17)22(29)27-23-26-19(14-7-3-1-4-8-14)21(30-23)20(28)15-9-5-2-6-10-15/h1-13H,(H,26,27,29). The lowest BCUT2D eigenvalue weighted by Gasteiger charge is -2.03. The van der Waals surface area contributed by atoms with Gasteiger partial charge in [0, 0.05) is 26.7 Å². The lowest BCUT2D eigenvalue weighted by atomic mass is 10.1. The maximum absolute atomic E-state index is 13.1. The van der Waals surface area contributed by atoms with E-state index in [0.717, 1.165) is 16.9 Å². The summed E-state index contributed by atoms with van der Waals surface area (Å²) < 4.78 is 0. The minimum Gasteiger partial charge on any atom is -0.298 e. The number of benzene rings is 3. The van der Waals surface area contributed by atoms with E-state index in [1.54, 1.807) is 18.2 Å². The third-order valence-corrected chi connectivity index (χ3v) is 5.67. The predicted molar refractivity (Wildman–Crippen MR) is 122 cm³/mol. The van der Waals surface area contributed by atoms with Crippen LogP contribution in [0.4, 0.5) is 5.13 Å². The van der Waals surface area contributed by atoms with Crippen LogP contribution < -0.4 is 5.32 Å². The van der Waals surface area contributed by atoms with Crippen molar-refractivity contribution < 1.29 is 9.59 Å². The number of amides is 1. The first-order chi connectivity index (χ1) is 14.5. The molecule has 0 unspecified atom stereocenters. The summed E-state index contributed by atoms with van der Waals surface area (Å²) in [6.07, 6.45) is 0. The van der Waals surface area contributed by atoms with Gasteiger partial charge >= 0.3 is 0 Å². The number of halogens is 2. The van der Waals surface area contributed by atoms with Gasteiger partial charge in [0.05, 0.1) is 5.69 Å². The molecule has 1 N–H and O–H groups in total. The van der Waals surface area contributed by atoms with Crippen LogP contribution in [0.5, 0.6) is 0 Å². The van der Waals surface area contributed by atoms with Gasteiger partial charge in [0.1, 0.15) is 4.88 Å². The molecular weight excluding hydrogens is 439 g/mol. The molecule has 3 aromatic carbocycles. The summed E-state index contributed by atoms with van der Waals surface area (Å²) in [5.41, 5.74) is 2.17.